The summed E-state index contributed by atoms with van der Waals surface area (Å²) in [5, 5.41) is 8.95. The van der Waals surface area contributed by atoms with Crippen molar-refractivity contribution in [3.8, 4) is 5.75 Å². The van der Waals surface area contributed by atoms with E-state index in [1.165, 1.54) is 0 Å². The smallest absolute Gasteiger partial charge is 0.314 e. The quantitative estimate of drug-likeness (QED) is 0.711. The minimum absolute atomic E-state index is 0.269. The summed E-state index contributed by atoms with van der Waals surface area (Å²) in [5.41, 5.74) is 0.780. The van der Waals surface area contributed by atoms with Crippen molar-refractivity contribution in [2.75, 3.05) is 0 Å². The molecule has 68 valence electrons. The van der Waals surface area contributed by atoms with E-state index in [0.29, 0.717) is 5.75 Å². The first kappa shape index (κ1) is 8.10. The van der Waals surface area contributed by atoms with E-state index in [1.54, 1.807) is 19.1 Å². The number of carboxylic acids is 1. The predicted octanol–water partition coefficient (Wildman–Crippen LogP) is 1.64. The Balaban J connectivity index is 2.46. The molecule has 0 fully saturated rings. The first-order valence-electron chi connectivity index (χ1n) is 4.18. The van der Waals surface area contributed by atoms with Crippen LogP contribution in [0.25, 0.3) is 0 Å². The van der Waals surface area contributed by atoms with Gasteiger partial charge < -0.3 is 9.84 Å². The Morgan fingerprint density at radius 1 is 1.46 bits per heavy atom. The van der Waals surface area contributed by atoms with Crippen molar-refractivity contribution >= 4 is 5.97 Å². The Bertz CT molecular complexity index is 346. The van der Waals surface area contributed by atoms with Crippen molar-refractivity contribution < 1.29 is 14.6 Å². The minimum Gasteiger partial charge on any atom is -0.489 e. The average Bonchev–Trinajstić information content (AvgIpc) is 2.39. The molecule has 2 unspecified atom stereocenters. The number of rotatable bonds is 1. The van der Waals surface area contributed by atoms with Gasteiger partial charge in [0.05, 0.1) is 0 Å². The van der Waals surface area contributed by atoms with E-state index in [0.717, 1.165) is 5.56 Å². The maximum atomic E-state index is 10.9. The summed E-state index contributed by atoms with van der Waals surface area (Å²) in [7, 11) is 0. The fourth-order valence-corrected chi connectivity index (χ4v) is 1.70. The molecule has 1 aromatic carbocycles. The van der Waals surface area contributed by atoms with Crippen molar-refractivity contribution in [3.63, 3.8) is 0 Å². The lowest BCUT2D eigenvalue weighted by Gasteiger charge is -2.08. The van der Waals surface area contributed by atoms with Gasteiger partial charge in [0.15, 0.2) is 0 Å². The van der Waals surface area contributed by atoms with E-state index >= 15 is 0 Å². The van der Waals surface area contributed by atoms with Crippen molar-refractivity contribution in [2.45, 2.75) is 18.9 Å². The number of hydrogen-bond acceptors (Lipinski definition) is 2. The Hall–Kier alpha value is -1.51. The Morgan fingerprint density at radius 2 is 2.15 bits per heavy atom. The molecule has 0 bridgehead atoms. The molecule has 3 nitrogen and oxygen atoms in total. The Morgan fingerprint density at radius 3 is 2.85 bits per heavy atom. The van der Waals surface area contributed by atoms with Gasteiger partial charge in [-0.05, 0) is 13.0 Å². The second kappa shape index (κ2) is 2.76. The highest BCUT2D eigenvalue weighted by Crippen LogP contribution is 2.37. The topological polar surface area (TPSA) is 46.5 Å². The van der Waals surface area contributed by atoms with E-state index in [9.17, 15) is 4.79 Å². The number of aliphatic carboxylic acids is 1. The van der Waals surface area contributed by atoms with Crippen LogP contribution in [-0.2, 0) is 4.79 Å². The molecular weight excluding hydrogens is 168 g/mol. The van der Waals surface area contributed by atoms with E-state index in [2.05, 4.69) is 0 Å². The van der Waals surface area contributed by atoms with Gasteiger partial charge in [-0.1, -0.05) is 18.2 Å². The molecule has 0 radical (unpaired) electrons. The van der Waals surface area contributed by atoms with Crippen LogP contribution < -0.4 is 4.74 Å². The fourth-order valence-electron chi connectivity index (χ4n) is 1.70. The molecule has 0 saturated heterocycles. The maximum absolute atomic E-state index is 10.9. The highest BCUT2D eigenvalue weighted by atomic mass is 16.5. The first-order valence-corrected chi connectivity index (χ1v) is 4.18. The second-order valence-corrected chi connectivity index (χ2v) is 3.18. The minimum atomic E-state index is -0.822. The molecule has 0 spiro atoms. The lowest BCUT2D eigenvalue weighted by Crippen LogP contribution is -2.21. The zero-order valence-corrected chi connectivity index (χ0v) is 7.23. The average molecular weight is 178 g/mol. The number of carbonyl (C=O) groups is 1. The van der Waals surface area contributed by atoms with Gasteiger partial charge in [-0.25, -0.2) is 0 Å². The molecule has 1 N–H and O–H groups in total. The van der Waals surface area contributed by atoms with Crippen LogP contribution in [0.3, 0.4) is 0 Å². The zero-order chi connectivity index (χ0) is 9.42. The van der Waals surface area contributed by atoms with Crippen LogP contribution in [-0.4, -0.2) is 17.2 Å². The van der Waals surface area contributed by atoms with Gasteiger partial charge in [0.1, 0.15) is 17.8 Å². The van der Waals surface area contributed by atoms with Gasteiger partial charge >= 0.3 is 5.97 Å². The van der Waals surface area contributed by atoms with E-state index in [4.69, 9.17) is 9.84 Å². The first-order chi connectivity index (χ1) is 6.20. The highest BCUT2D eigenvalue weighted by Gasteiger charge is 2.36. The number of fused-ring (bicyclic) bond motifs is 1. The van der Waals surface area contributed by atoms with Gasteiger partial charge in [0, 0.05) is 5.56 Å². The number of para-hydroxylation sites is 1. The van der Waals surface area contributed by atoms with Crippen molar-refractivity contribution in [3.05, 3.63) is 29.8 Å². The Kier molecular flexibility index (Phi) is 1.72. The summed E-state index contributed by atoms with van der Waals surface area (Å²) >= 11 is 0. The molecule has 0 amide bonds. The van der Waals surface area contributed by atoms with Gasteiger partial charge in [-0.15, -0.1) is 0 Å². The monoisotopic (exact) mass is 178 g/mol. The van der Waals surface area contributed by atoms with Crippen molar-refractivity contribution in [2.24, 2.45) is 0 Å². The molecule has 1 aliphatic rings. The summed E-state index contributed by atoms with van der Waals surface area (Å²) in [4.78, 5) is 10.9. The summed E-state index contributed by atoms with van der Waals surface area (Å²) in [6.07, 6.45) is -0.269. The third kappa shape index (κ3) is 1.16. The third-order valence-electron chi connectivity index (χ3n) is 2.30. The third-order valence-corrected chi connectivity index (χ3v) is 2.30. The normalized spacial score (nSPS) is 25.0. The van der Waals surface area contributed by atoms with E-state index in [-0.39, 0.29) is 6.10 Å². The standard InChI is InChI=1S/C10H10O3/c1-6-9(10(11)12)7-4-2-3-5-8(7)13-6/h2-6,9H,1H3,(H,11,12). The van der Waals surface area contributed by atoms with Crippen molar-refractivity contribution in [1.29, 1.82) is 0 Å². The molecular formula is C10H10O3. The van der Waals surface area contributed by atoms with Crippen LogP contribution in [0.2, 0.25) is 0 Å². The summed E-state index contributed by atoms with van der Waals surface area (Å²) in [5.74, 6) is -0.643. The predicted molar refractivity (Wildman–Crippen MR) is 46.9 cm³/mol. The van der Waals surface area contributed by atoms with Gasteiger partial charge in [-0.3, -0.25) is 4.79 Å². The molecule has 2 atom stereocenters. The number of hydrogen-bond donors (Lipinski definition) is 1. The molecule has 2 rings (SSSR count). The SMILES string of the molecule is CC1Oc2ccccc2C1C(=O)O. The molecule has 0 saturated carbocycles. The molecule has 1 heterocycles. The number of benzene rings is 1. The molecule has 1 aromatic rings. The number of carboxylic acid groups (broad SMARTS) is 1. The summed E-state index contributed by atoms with van der Waals surface area (Å²) in [6.45, 7) is 1.78. The van der Waals surface area contributed by atoms with E-state index < -0.39 is 11.9 Å². The largest absolute Gasteiger partial charge is 0.489 e. The lowest BCUT2D eigenvalue weighted by atomic mass is 9.97. The maximum Gasteiger partial charge on any atom is 0.314 e. The van der Waals surface area contributed by atoms with Crippen LogP contribution in [0.1, 0.15) is 18.4 Å². The molecule has 1 aliphatic heterocycles. The van der Waals surface area contributed by atoms with Gasteiger partial charge in [-0.2, -0.15) is 0 Å². The van der Waals surface area contributed by atoms with E-state index in [1.807, 2.05) is 12.1 Å². The fraction of sp³-hybridized carbons (Fsp3) is 0.300. The van der Waals surface area contributed by atoms with Crippen LogP contribution >= 0.6 is 0 Å². The van der Waals surface area contributed by atoms with Gasteiger partial charge in [0.2, 0.25) is 0 Å². The summed E-state index contributed by atoms with van der Waals surface area (Å²) < 4.78 is 5.40. The summed E-state index contributed by atoms with van der Waals surface area (Å²) in [6, 6.07) is 7.28. The molecule has 3 heteroatoms. The molecule has 0 aliphatic carbocycles. The lowest BCUT2D eigenvalue weighted by molar-refractivity contribution is -0.140. The van der Waals surface area contributed by atoms with Crippen molar-refractivity contribution in [1.82, 2.24) is 0 Å². The number of ether oxygens (including phenoxy) is 1. The second-order valence-electron chi connectivity index (χ2n) is 3.18. The van der Waals surface area contributed by atoms with Crippen LogP contribution in [0.5, 0.6) is 5.75 Å². The van der Waals surface area contributed by atoms with Gasteiger partial charge in [0.25, 0.3) is 0 Å². The van der Waals surface area contributed by atoms with Crippen LogP contribution in [0.15, 0.2) is 24.3 Å². The van der Waals surface area contributed by atoms with Crippen LogP contribution in [0, 0.1) is 0 Å². The Labute approximate surface area is 76.0 Å². The molecule has 0 aromatic heterocycles. The van der Waals surface area contributed by atoms with Crippen LogP contribution in [0.4, 0.5) is 0 Å². The molecule has 13 heavy (non-hydrogen) atoms. The highest BCUT2D eigenvalue weighted by molar-refractivity contribution is 5.79. The zero-order valence-electron chi connectivity index (χ0n) is 7.23.